The van der Waals surface area contributed by atoms with Crippen molar-refractivity contribution >= 4 is 11.8 Å². The molecule has 2 aliphatic rings. The van der Waals surface area contributed by atoms with Gasteiger partial charge in [0.05, 0.1) is 30.9 Å². The van der Waals surface area contributed by atoms with Gasteiger partial charge in [0.25, 0.3) is 0 Å². The second kappa shape index (κ2) is 4.76. The van der Waals surface area contributed by atoms with Gasteiger partial charge in [0.1, 0.15) is 5.60 Å². The zero-order chi connectivity index (χ0) is 13.3. The number of alkyl carbamates (subject to hydrolysis) is 1. The summed E-state index contributed by atoms with van der Waals surface area (Å²) in [7, 11) is 0. The van der Waals surface area contributed by atoms with Crippen LogP contribution in [0.25, 0.3) is 0 Å². The number of hydrogen-bond donors (Lipinski definition) is 1. The van der Waals surface area contributed by atoms with E-state index in [1.165, 1.54) is 0 Å². The molecule has 0 aliphatic carbocycles. The van der Waals surface area contributed by atoms with Gasteiger partial charge >= 0.3 is 6.09 Å². The van der Waals surface area contributed by atoms with E-state index in [1.54, 1.807) is 0 Å². The van der Waals surface area contributed by atoms with Crippen molar-refractivity contribution in [2.75, 3.05) is 13.2 Å². The summed E-state index contributed by atoms with van der Waals surface area (Å²) in [6.45, 7) is 8.52. The second-order valence-electron chi connectivity index (χ2n) is 5.67. The number of nitrogens with one attached hydrogen (secondary N) is 1. The summed E-state index contributed by atoms with van der Waals surface area (Å²) in [6.07, 6.45) is -0.442. The first-order chi connectivity index (χ1) is 8.37. The Hall–Kier alpha value is -1.30. The number of carbonyl (C=O) groups excluding carboxylic acids is 1. The van der Waals surface area contributed by atoms with Crippen LogP contribution in [0.4, 0.5) is 4.79 Å². The molecule has 18 heavy (non-hydrogen) atoms. The average molecular weight is 256 g/mol. The van der Waals surface area contributed by atoms with Gasteiger partial charge in [-0.25, -0.2) is 4.79 Å². The van der Waals surface area contributed by atoms with E-state index >= 15 is 0 Å². The van der Waals surface area contributed by atoms with Gasteiger partial charge in [0.2, 0.25) is 0 Å². The minimum Gasteiger partial charge on any atom is -0.444 e. The molecule has 1 fully saturated rings. The van der Waals surface area contributed by atoms with Crippen LogP contribution in [0.5, 0.6) is 0 Å². The highest BCUT2D eigenvalue weighted by Gasteiger charge is 2.41. The average Bonchev–Trinajstić information content (AvgIpc) is 2.72. The Morgan fingerprint density at radius 2 is 2.22 bits per heavy atom. The number of amides is 1. The summed E-state index contributed by atoms with van der Waals surface area (Å²) < 4.78 is 10.5. The number of nitrogens with zero attached hydrogens (tertiary/aromatic N) is 1. The summed E-state index contributed by atoms with van der Waals surface area (Å²) in [5.74, 6) is 0.148. The maximum atomic E-state index is 11.7. The summed E-state index contributed by atoms with van der Waals surface area (Å²) in [6, 6.07) is -0.212. The van der Waals surface area contributed by atoms with E-state index in [0.717, 1.165) is 5.71 Å². The molecule has 0 spiro atoms. The minimum absolute atomic E-state index is 0.00267. The molecule has 2 heterocycles. The number of hydrogen-bond acceptors (Lipinski definition) is 5. The van der Waals surface area contributed by atoms with E-state index < -0.39 is 11.7 Å². The van der Waals surface area contributed by atoms with E-state index in [1.807, 2.05) is 27.7 Å². The lowest BCUT2D eigenvalue weighted by molar-refractivity contribution is 0.0518. The fourth-order valence-corrected chi connectivity index (χ4v) is 2.07. The lowest BCUT2D eigenvalue weighted by atomic mass is 9.96. The molecule has 1 N–H and O–H groups in total. The van der Waals surface area contributed by atoms with Crippen LogP contribution in [-0.4, -0.2) is 42.8 Å². The van der Waals surface area contributed by atoms with Crippen molar-refractivity contribution in [1.82, 2.24) is 5.32 Å². The highest BCUT2D eigenvalue weighted by atomic mass is 16.7. The fraction of sp³-hybridized carbons (Fsp3) is 0.833. The van der Waals surface area contributed by atoms with Crippen molar-refractivity contribution in [1.29, 1.82) is 0 Å². The van der Waals surface area contributed by atoms with Crippen molar-refractivity contribution in [2.45, 2.75) is 45.4 Å². The van der Waals surface area contributed by atoms with Crippen molar-refractivity contribution in [3.05, 3.63) is 0 Å². The van der Waals surface area contributed by atoms with E-state index in [9.17, 15) is 4.79 Å². The molecule has 6 nitrogen and oxygen atoms in total. The molecular weight excluding hydrogens is 236 g/mol. The molecule has 0 aromatic heterocycles. The summed E-state index contributed by atoms with van der Waals surface area (Å²) in [4.78, 5) is 16.9. The lowest BCUT2D eigenvalue weighted by Gasteiger charge is -2.22. The molecule has 0 radical (unpaired) electrons. The standard InChI is InChI=1S/C12H20N2O4/c1-7(13-11(15)17-12(2,3)4)10-8-5-16-6-9(8)18-14-10/h7-9H,5-6H2,1-4H3,(H,13,15)/t7?,8-,9+/m0/s1. The predicted molar refractivity (Wildman–Crippen MR) is 65.4 cm³/mol. The molecule has 102 valence electrons. The van der Waals surface area contributed by atoms with Gasteiger partial charge in [-0.15, -0.1) is 0 Å². The van der Waals surface area contributed by atoms with Crippen LogP contribution < -0.4 is 5.32 Å². The third-order valence-corrected chi connectivity index (χ3v) is 2.88. The summed E-state index contributed by atoms with van der Waals surface area (Å²) in [5.41, 5.74) is 0.319. The quantitative estimate of drug-likeness (QED) is 0.808. The SMILES string of the molecule is CC(NC(=O)OC(C)(C)C)C1=NO[C@@H]2COC[C@H]12. The van der Waals surface area contributed by atoms with Crippen LogP contribution in [0.15, 0.2) is 5.16 Å². The van der Waals surface area contributed by atoms with Crippen LogP contribution in [0.2, 0.25) is 0 Å². The van der Waals surface area contributed by atoms with Gasteiger partial charge in [-0.1, -0.05) is 5.16 Å². The Balaban J connectivity index is 1.88. The third kappa shape index (κ3) is 2.93. The zero-order valence-electron chi connectivity index (χ0n) is 11.2. The first kappa shape index (κ1) is 13.1. The largest absolute Gasteiger partial charge is 0.444 e. The molecule has 0 aromatic carbocycles. The Labute approximate surface area is 107 Å². The molecule has 0 aromatic rings. The molecule has 1 unspecified atom stereocenters. The van der Waals surface area contributed by atoms with Gasteiger partial charge in [-0.3, -0.25) is 0 Å². The molecule has 1 amide bonds. The third-order valence-electron chi connectivity index (χ3n) is 2.88. The fourth-order valence-electron chi connectivity index (χ4n) is 2.07. The van der Waals surface area contributed by atoms with E-state index in [0.29, 0.717) is 13.2 Å². The first-order valence-corrected chi connectivity index (χ1v) is 6.17. The van der Waals surface area contributed by atoms with Gasteiger partial charge < -0.3 is 19.6 Å². The van der Waals surface area contributed by atoms with E-state index in [-0.39, 0.29) is 18.1 Å². The second-order valence-corrected chi connectivity index (χ2v) is 5.67. The van der Waals surface area contributed by atoms with Crippen molar-refractivity contribution in [3.8, 4) is 0 Å². The Bertz CT molecular complexity index is 362. The highest BCUT2D eigenvalue weighted by Crippen LogP contribution is 2.26. The zero-order valence-corrected chi connectivity index (χ0v) is 11.2. The highest BCUT2D eigenvalue weighted by molar-refractivity contribution is 5.94. The topological polar surface area (TPSA) is 69.2 Å². The number of fused-ring (bicyclic) bond motifs is 1. The predicted octanol–water partition coefficient (Wildman–Crippen LogP) is 1.30. The monoisotopic (exact) mass is 256 g/mol. The first-order valence-electron chi connectivity index (χ1n) is 6.17. The van der Waals surface area contributed by atoms with Crippen molar-refractivity contribution in [2.24, 2.45) is 11.1 Å². The number of oxime groups is 1. The molecular formula is C12H20N2O4. The maximum Gasteiger partial charge on any atom is 0.408 e. The van der Waals surface area contributed by atoms with Gasteiger partial charge in [0, 0.05) is 0 Å². The maximum absolute atomic E-state index is 11.7. The molecule has 0 saturated carbocycles. The van der Waals surface area contributed by atoms with Crippen molar-refractivity contribution < 1.29 is 19.1 Å². The van der Waals surface area contributed by atoms with Gasteiger partial charge in [-0.05, 0) is 27.7 Å². The number of ether oxygens (including phenoxy) is 2. The summed E-state index contributed by atoms with van der Waals surface area (Å²) in [5, 5.41) is 6.80. The number of carbonyl (C=O) groups is 1. The van der Waals surface area contributed by atoms with E-state index in [4.69, 9.17) is 14.3 Å². The number of rotatable bonds is 2. The van der Waals surface area contributed by atoms with Crippen LogP contribution in [0.1, 0.15) is 27.7 Å². The van der Waals surface area contributed by atoms with Gasteiger partial charge in [0.15, 0.2) is 6.10 Å². The molecule has 1 saturated heterocycles. The van der Waals surface area contributed by atoms with Crippen LogP contribution in [0.3, 0.4) is 0 Å². The van der Waals surface area contributed by atoms with E-state index in [2.05, 4.69) is 10.5 Å². The normalized spacial score (nSPS) is 28.1. The van der Waals surface area contributed by atoms with Gasteiger partial charge in [-0.2, -0.15) is 0 Å². The Kier molecular flexibility index (Phi) is 3.47. The molecule has 0 bridgehead atoms. The smallest absolute Gasteiger partial charge is 0.408 e. The summed E-state index contributed by atoms with van der Waals surface area (Å²) >= 11 is 0. The molecule has 2 rings (SSSR count). The minimum atomic E-state index is -0.503. The van der Waals surface area contributed by atoms with Crippen LogP contribution in [0, 0.1) is 5.92 Å². The molecule has 6 heteroatoms. The lowest BCUT2D eigenvalue weighted by Crippen LogP contribution is -2.44. The Morgan fingerprint density at radius 3 is 2.89 bits per heavy atom. The molecule has 3 atom stereocenters. The molecule has 2 aliphatic heterocycles. The van der Waals surface area contributed by atoms with Crippen LogP contribution in [-0.2, 0) is 14.3 Å². The van der Waals surface area contributed by atoms with Crippen LogP contribution >= 0.6 is 0 Å². The Morgan fingerprint density at radius 1 is 1.50 bits per heavy atom. The van der Waals surface area contributed by atoms with Crippen molar-refractivity contribution in [3.63, 3.8) is 0 Å².